The molecule has 0 amide bonds. The predicted molar refractivity (Wildman–Crippen MR) is 154 cm³/mol. The summed E-state index contributed by atoms with van der Waals surface area (Å²) in [6.07, 6.45) is -1.28. The lowest BCUT2D eigenvalue weighted by Gasteiger charge is -2.47. The fourth-order valence-corrected chi connectivity index (χ4v) is 5.63. The first-order valence-corrected chi connectivity index (χ1v) is 14.0. The van der Waals surface area contributed by atoms with Gasteiger partial charge < -0.3 is 23.7 Å². The molecule has 42 heavy (non-hydrogen) atoms. The van der Waals surface area contributed by atoms with Gasteiger partial charge in [0.2, 0.25) is 0 Å². The van der Waals surface area contributed by atoms with Crippen molar-refractivity contribution >= 4 is 5.97 Å². The molecule has 1 fully saturated rings. The Kier molecular flexibility index (Phi) is 9.76. The first-order chi connectivity index (χ1) is 20.5. The van der Waals surface area contributed by atoms with Crippen LogP contribution in [0.5, 0.6) is 0 Å². The standard InChI is InChI=1S/C33H35NO8/c1-38-32(35)33(34(36)37)19-11-18-27-29(40-21-25-14-7-3-8-15-25)30(41-22-26-16-9-4-10-17-26)28(42-31(27)33)23-39-20-24-12-5-2-6-13-24/h2-10,12-18,28-31H,11,19-23H2,1H3/t28-,29-,30-,31?,33?/m1/s1. The van der Waals surface area contributed by atoms with Crippen molar-refractivity contribution in [1.29, 1.82) is 0 Å². The number of carbonyl (C=O) groups excluding carboxylic acids is 1. The monoisotopic (exact) mass is 573 g/mol. The van der Waals surface area contributed by atoms with Gasteiger partial charge in [-0.3, -0.25) is 10.1 Å². The van der Waals surface area contributed by atoms with Gasteiger partial charge in [-0.25, -0.2) is 4.79 Å². The minimum atomic E-state index is -2.12. The molecular formula is C33H35NO8. The van der Waals surface area contributed by atoms with Gasteiger partial charge in [-0.2, -0.15) is 0 Å². The van der Waals surface area contributed by atoms with E-state index in [9.17, 15) is 14.9 Å². The van der Waals surface area contributed by atoms with Crippen LogP contribution >= 0.6 is 0 Å². The SMILES string of the molecule is COC(=O)C1([N+](=O)[O-])CCC=C2C1O[C@H](COCc1ccccc1)[C@@H](OCc1ccccc1)[C@@H]2OCc1ccccc1. The highest BCUT2D eigenvalue weighted by Gasteiger charge is 2.65. The lowest BCUT2D eigenvalue weighted by molar-refractivity contribution is -0.571. The number of esters is 1. The van der Waals surface area contributed by atoms with Gasteiger partial charge in [-0.1, -0.05) is 97.1 Å². The van der Waals surface area contributed by atoms with Crippen molar-refractivity contribution < 1.29 is 33.4 Å². The van der Waals surface area contributed by atoms with Crippen LogP contribution in [0.3, 0.4) is 0 Å². The Morgan fingerprint density at radius 3 is 1.98 bits per heavy atom. The number of rotatable bonds is 12. The van der Waals surface area contributed by atoms with Crippen LogP contribution in [-0.4, -0.2) is 54.6 Å². The van der Waals surface area contributed by atoms with E-state index in [4.69, 9.17) is 23.7 Å². The van der Waals surface area contributed by atoms with E-state index in [0.29, 0.717) is 12.2 Å². The molecule has 0 saturated carbocycles. The maximum Gasteiger partial charge on any atom is 0.387 e. The van der Waals surface area contributed by atoms with Crippen molar-refractivity contribution in [3.8, 4) is 0 Å². The summed E-state index contributed by atoms with van der Waals surface area (Å²) in [5.41, 5.74) is 1.26. The normalized spacial score (nSPS) is 25.2. The molecule has 0 bridgehead atoms. The van der Waals surface area contributed by atoms with E-state index in [-0.39, 0.29) is 32.7 Å². The highest BCUT2D eigenvalue weighted by molar-refractivity contribution is 5.81. The fourth-order valence-electron chi connectivity index (χ4n) is 5.63. The molecule has 5 rings (SSSR count). The van der Waals surface area contributed by atoms with Gasteiger partial charge in [0.25, 0.3) is 0 Å². The van der Waals surface area contributed by atoms with E-state index in [1.807, 2.05) is 97.1 Å². The fraction of sp³-hybridized carbons (Fsp3) is 0.364. The van der Waals surface area contributed by atoms with E-state index in [1.165, 1.54) is 0 Å². The summed E-state index contributed by atoms with van der Waals surface area (Å²) in [7, 11) is 1.16. The molecule has 1 heterocycles. The quantitative estimate of drug-likeness (QED) is 0.128. The maximum absolute atomic E-state index is 13.1. The van der Waals surface area contributed by atoms with Crippen LogP contribution in [0.2, 0.25) is 0 Å². The van der Waals surface area contributed by atoms with E-state index in [1.54, 1.807) is 0 Å². The van der Waals surface area contributed by atoms with Crippen LogP contribution in [0.25, 0.3) is 0 Å². The number of hydrogen-bond acceptors (Lipinski definition) is 8. The highest BCUT2D eigenvalue weighted by atomic mass is 16.7. The third-order valence-corrected chi connectivity index (χ3v) is 7.76. The van der Waals surface area contributed by atoms with Crippen LogP contribution in [0.1, 0.15) is 29.5 Å². The van der Waals surface area contributed by atoms with Crippen molar-refractivity contribution in [2.75, 3.05) is 13.7 Å². The molecule has 3 aromatic carbocycles. The van der Waals surface area contributed by atoms with Crippen LogP contribution in [-0.2, 0) is 48.3 Å². The van der Waals surface area contributed by atoms with E-state index >= 15 is 0 Å². The van der Waals surface area contributed by atoms with Crippen LogP contribution in [0.15, 0.2) is 103 Å². The third-order valence-electron chi connectivity index (χ3n) is 7.76. The zero-order chi connectivity index (χ0) is 29.4. The summed E-state index contributed by atoms with van der Waals surface area (Å²) >= 11 is 0. The number of carbonyl (C=O) groups is 1. The number of benzene rings is 3. The molecule has 9 nitrogen and oxygen atoms in total. The molecule has 5 atom stereocenters. The minimum absolute atomic E-state index is 0.0562. The largest absolute Gasteiger partial charge is 0.464 e. The van der Waals surface area contributed by atoms with Gasteiger partial charge in [0.1, 0.15) is 18.3 Å². The number of hydrogen-bond donors (Lipinski definition) is 0. The van der Waals surface area contributed by atoms with Gasteiger partial charge in [0.05, 0.1) is 33.5 Å². The Balaban J connectivity index is 1.49. The molecule has 0 N–H and O–H groups in total. The average Bonchev–Trinajstić information content (AvgIpc) is 3.03. The third kappa shape index (κ3) is 6.44. The van der Waals surface area contributed by atoms with Crippen molar-refractivity contribution in [2.45, 2.75) is 62.6 Å². The second-order valence-electron chi connectivity index (χ2n) is 10.4. The zero-order valence-corrected chi connectivity index (χ0v) is 23.5. The molecule has 220 valence electrons. The van der Waals surface area contributed by atoms with E-state index < -0.39 is 40.8 Å². The van der Waals surface area contributed by atoms with Gasteiger partial charge in [0, 0.05) is 11.3 Å². The van der Waals surface area contributed by atoms with Crippen LogP contribution < -0.4 is 0 Å². The molecule has 0 radical (unpaired) electrons. The summed E-state index contributed by atoms with van der Waals surface area (Å²) < 4.78 is 30.5. The summed E-state index contributed by atoms with van der Waals surface area (Å²) in [5.74, 6) is -0.947. The Hall–Kier alpha value is -3.89. The highest BCUT2D eigenvalue weighted by Crippen LogP contribution is 2.43. The summed E-state index contributed by atoms with van der Waals surface area (Å²) in [5, 5.41) is 12.6. The maximum atomic E-state index is 13.1. The Labute approximate surface area is 245 Å². The zero-order valence-electron chi connectivity index (χ0n) is 23.5. The topological polar surface area (TPSA) is 106 Å². The number of fused-ring (bicyclic) bond motifs is 1. The summed E-state index contributed by atoms with van der Waals surface area (Å²) in [4.78, 5) is 25.1. The van der Waals surface area contributed by atoms with Gasteiger partial charge in [0.15, 0.2) is 6.10 Å². The Morgan fingerprint density at radius 2 is 1.43 bits per heavy atom. The first-order valence-electron chi connectivity index (χ1n) is 14.0. The van der Waals surface area contributed by atoms with Gasteiger partial charge >= 0.3 is 11.5 Å². The van der Waals surface area contributed by atoms with Gasteiger partial charge in [-0.05, 0) is 28.7 Å². The van der Waals surface area contributed by atoms with Gasteiger partial charge in [-0.15, -0.1) is 0 Å². The summed E-state index contributed by atoms with van der Waals surface area (Å²) in [6.45, 7) is 0.886. The predicted octanol–water partition coefficient (Wildman–Crippen LogP) is 5.05. The van der Waals surface area contributed by atoms with Crippen molar-refractivity contribution in [2.24, 2.45) is 0 Å². The lowest BCUT2D eigenvalue weighted by Crippen LogP contribution is -2.66. The molecule has 0 spiro atoms. The second-order valence-corrected chi connectivity index (χ2v) is 10.4. The van der Waals surface area contributed by atoms with Crippen LogP contribution in [0, 0.1) is 10.1 Å². The van der Waals surface area contributed by atoms with Crippen LogP contribution in [0.4, 0.5) is 0 Å². The number of methoxy groups -OCH3 is 1. The molecule has 1 saturated heterocycles. The van der Waals surface area contributed by atoms with E-state index in [2.05, 4.69) is 0 Å². The molecular weight excluding hydrogens is 538 g/mol. The molecule has 0 aromatic heterocycles. The van der Waals surface area contributed by atoms with Crippen molar-refractivity contribution in [3.63, 3.8) is 0 Å². The number of nitro groups is 1. The smallest absolute Gasteiger partial charge is 0.387 e. The molecule has 2 unspecified atom stereocenters. The first kappa shape index (κ1) is 29.6. The Morgan fingerprint density at radius 1 is 0.881 bits per heavy atom. The number of allylic oxidation sites excluding steroid dienone is 1. The Bertz CT molecular complexity index is 1350. The van der Waals surface area contributed by atoms with Crippen molar-refractivity contribution in [3.05, 3.63) is 129 Å². The second kappa shape index (κ2) is 13.8. The molecule has 1 aliphatic carbocycles. The average molecular weight is 574 g/mol. The lowest BCUT2D eigenvalue weighted by atomic mass is 9.74. The van der Waals surface area contributed by atoms with E-state index in [0.717, 1.165) is 23.8 Å². The summed E-state index contributed by atoms with van der Waals surface area (Å²) in [6, 6.07) is 29.1. The minimum Gasteiger partial charge on any atom is -0.464 e. The number of nitrogens with zero attached hydrogens (tertiary/aromatic N) is 1. The molecule has 1 aliphatic heterocycles. The van der Waals surface area contributed by atoms with Crippen molar-refractivity contribution in [1.82, 2.24) is 0 Å². The molecule has 2 aliphatic rings. The number of ether oxygens (including phenoxy) is 5. The molecule has 3 aromatic rings. The molecule has 9 heteroatoms.